The molecule has 0 radical (unpaired) electrons. The average Bonchev–Trinajstić information content (AvgIpc) is 3.43. The molecule has 0 amide bonds. The maximum atomic E-state index is 10.9. The minimum Gasteiger partial charge on any atom is -0.485 e. The van der Waals surface area contributed by atoms with E-state index < -0.39 is 5.60 Å². The van der Waals surface area contributed by atoms with E-state index in [-0.39, 0.29) is 5.92 Å². The lowest BCUT2D eigenvalue weighted by Crippen LogP contribution is -2.34. The second-order valence-electron chi connectivity index (χ2n) is 11.1. The molecule has 5 rings (SSSR count). The van der Waals surface area contributed by atoms with E-state index in [1.54, 1.807) is 6.20 Å². The minimum absolute atomic E-state index is 0.245. The summed E-state index contributed by atoms with van der Waals surface area (Å²) in [5, 5.41) is 15.6. The van der Waals surface area contributed by atoms with E-state index in [1.165, 1.54) is 19.3 Å². The van der Waals surface area contributed by atoms with E-state index >= 15 is 0 Å². The summed E-state index contributed by atoms with van der Waals surface area (Å²) < 4.78 is 8.18. The molecule has 3 heterocycles. The smallest absolute Gasteiger partial charge is 0.166 e. The fourth-order valence-electron chi connectivity index (χ4n) is 5.54. The number of nitrogen functional groups attached to an aromatic ring is 1. The zero-order chi connectivity index (χ0) is 26.5. The zero-order valence-electron chi connectivity index (χ0n) is 22.6. The second kappa shape index (κ2) is 11.6. The molecule has 1 aromatic carbocycles. The van der Waals surface area contributed by atoms with Crippen molar-refractivity contribution >= 4 is 5.82 Å². The molecule has 1 saturated heterocycles. The lowest BCUT2D eigenvalue weighted by Gasteiger charge is -2.31. The normalized spacial score (nSPS) is 18.9. The van der Waals surface area contributed by atoms with Crippen LogP contribution in [0, 0.1) is 17.8 Å². The Morgan fingerprint density at radius 3 is 2.66 bits per heavy atom. The van der Waals surface area contributed by atoms with E-state index in [4.69, 9.17) is 10.5 Å². The maximum Gasteiger partial charge on any atom is 0.166 e. The molecule has 1 saturated carbocycles. The molecule has 0 bridgehead atoms. The molecule has 2 fully saturated rings. The quantitative estimate of drug-likeness (QED) is 0.448. The van der Waals surface area contributed by atoms with Crippen molar-refractivity contribution < 1.29 is 9.84 Å². The third-order valence-electron chi connectivity index (χ3n) is 8.06. The molecule has 7 nitrogen and oxygen atoms in total. The first kappa shape index (κ1) is 26.3. The highest BCUT2D eigenvalue weighted by Gasteiger charge is 2.31. The largest absolute Gasteiger partial charge is 0.485 e. The van der Waals surface area contributed by atoms with Gasteiger partial charge in [0.1, 0.15) is 12.2 Å². The van der Waals surface area contributed by atoms with Crippen LogP contribution in [0.15, 0.2) is 48.9 Å². The molecular formula is C31H39N5O2. The first-order valence-corrected chi connectivity index (χ1v) is 13.8. The molecule has 3 aromatic rings. The van der Waals surface area contributed by atoms with E-state index in [0.717, 1.165) is 61.0 Å². The first-order valence-electron chi connectivity index (χ1n) is 13.8. The number of nitrogens with zero attached hydrogens (tertiary/aromatic N) is 4. The van der Waals surface area contributed by atoms with Crippen molar-refractivity contribution in [2.45, 2.75) is 70.1 Å². The first-order chi connectivity index (χ1) is 18.4. The van der Waals surface area contributed by atoms with Gasteiger partial charge in [0, 0.05) is 29.1 Å². The Morgan fingerprint density at radius 2 is 1.87 bits per heavy atom. The maximum absolute atomic E-state index is 10.9. The number of benzene rings is 1. The lowest BCUT2D eigenvalue weighted by molar-refractivity contribution is 0.0368. The van der Waals surface area contributed by atoms with Gasteiger partial charge in [-0.15, -0.1) is 0 Å². The third-order valence-corrected chi connectivity index (χ3v) is 8.06. The summed E-state index contributed by atoms with van der Waals surface area (Å²) in [6, 6.07) is 10.3. The molecule has 1 aliphatic heterocycles. The molecule has 2 aromatic heterocycles. The molecule has 2 aliphatic rings. The van der Waals surface area contributed by atoms with Gasteiger partial charge in [-0.25, -0.2) is 4.98 Å². The summed E-state index contributed by atoms with van der Waals surface area (Å²) in [7, 11) is 2.17. The van der Waals surface area contributed by atoms with Crippen LogP contribution in [-0.4, -0.2) is 50.5 Å². The van der Waals surface area contributed by atoms with Crippen molar-refractivity contribution in [2.75, 3.05) is 25.9 Å². The molecule has 0 spiro atoms. The van der Waals surface area contributed by atoms with Gasteiger partial charge in [0.2, 0.25) is 0 Å². The van der Waals surface area contributed by atoms with Crippen molar-refractivity contribution in [3.8, 4) is 28.7 Å². The van der Waals surface area contributed by atoms with E-state index in [2.05, 4.69) is 44.7 Å². The van der Waals surface area contributed by atoms with Crippen LogP contribution in [0.5, 0.6) is 5.75 Å². The number of aliphatic hydroxyl groups is 1. The van der Waals surface area contributed by atoms with Gasteiger partial charge >= 0.3 is 0 Å². The Morgan fingerprint density at radius 1 is 1.08 bits per heavy atom. The highest BCUT2D eigenvalue weighted by atomic mass is 16.5. The van der Waals surface area contributed by atoms with Crippen molar-refractivity contribution in [3.63, 3.8) is 0 Å². The SMILES string of the molecule is CN1CCC(n2cc(-c3cnc(N)c(OCc4cccc(C#CC(C)(O)C5CCCCC5)c4)c3)cn2)CC1. The van der Waals surface area contributed by atoms with Gasteiger partial charge < -0.3 is 20.5 Å². The molecule has 200 valence electrons. The Balaban J connectivity index is 1.24. The van der Waals surface area contributed by atoms with E-state index in [9.17, 15) is 5.11 Å². The Labute approximate surface area is 226 Å². The average molecular weight is 514 g/mol. The van der Waals surface area contributed by atoms with Gasteiger partial charge in [0.15, 0.2) is 11.6 Å². The topological polar surface area (TPSA) is 89.4 Å². The molecule has 1 atom stereocenters. The van der Waals surface area contributed by atoms with Crippen molar-refractivity contribution in [1.29, 1.82) is 0 Å². The molecule has 1 aliphatic carbocycles. The fraction of sp³-hybridized carbons (Fsp3) is 0.484. The van der Waals surface area contributed by atoms with Gasteiger partial charge in [0.05, 0.1) is 12.2 Å². The molecule has 1 unspecified atom stereocenters. The monoisotopic (exact) mass is 513 g/mol. The van der Waals surface area contributed by atoms with Gasteiger partial charge in [-0.1, -0.05) is 43.2 Å². The van der Waals surface area contributed by atoms with E-state index in [0.29, 0.717) is 24.2 Å². The van der Waals surface area contributed by atoms with Gasteiger partial charge in [0.25, 0.3) is 0 Å². The molecule has 3 N–H and O–H groups in total. The number of likely N-dealkylation sites (tertiary alicyclic amines) is 1. The number of piperidine rings is 1. The number of pyridine rings is 1. The van der Waals surface area contributed by atoms with Gasteiger partial charge in [-0.3, -0.25) is 4.68 Å². The van der Waals surface area contributed by atoms with Crippen LogP contribution in [0.1, 0.15) is 69.0 Å². The zero-order valence-corrected chi connectivity index (χ0v) is 22.6. The summed E-state index contributed by atoms with van der Waals surface area (Å²) in [5.41, 5.74) is 8.96. The summed E-state index contributed by atoms with van der Waals surface area (Å²) in [4.78, 5) is 6.74. The summed E-state index contributed by atoms with van der Waals surface area (Å²) in [6.45, 7) is 4.38. The Bertz CT molecular complexity index is 1290. The van der Waals surface area contributed by atoms with Gasteiger partial charge in [-0.05, 0) is 82.4 Å². The van der Waals surface area contributed by atoms with Crippen LogP contribution >= 0.6 is 0 Å². The van der Waals surface area contributed by atoms with Crippen molar-refractivity contribution in [1.82, 2.24) is 19.7 Å². The van der Waals surface area contributed by atoms with E-state index in [1.807, 2.05) is 43.5 Å². The number of ether oxygens (including phenoxy) is 1. The fourth-order valence-corrected chi connectivity index (χ4v) is 5.54. The predicted molar refractivity (Wildman–Crippen MR) is 150 cm³/mol. The van der Waals surface area contributed by atoms with Crippen LogP contribution in [0.3, 0.4) is 0 Å². The van der Waals surface area contributed by atoms with Crippen LogP contribution in [-0.2, 0) is 6.61 Å². The number of aromatic nitrogens is 3. The third kappa shape index (κ3) is 6.38. The predicted octanol–water partition coefficient (Wildman–Crippen LogP) is 5.06. The number of nitrogens with two attached hydrogens (primary N) is 1. The molecule has 7 heteroatoms. The number of hydrogen-bond donors (Lipinski definition) is 2. The Kier molecular flexibility index (Phi) is 8.01. The highest BCUT2D eigenvalue weighted by Crippen LogP contribution is 2.32. The van der Waals surface area contributed by atoms with Crippen LogP contribution in [0.2, 0.25) is 0 Å². The number of hydrogen-bond acceptors (Lipinski definition) is 6. The van der Waals surface area contributed by atoms with Crippen molar-refractivity contribution in [2.24, 2.45) is 5.92 Å². The lowest BCUT2D eigenvalue weighted by atomic mass is 9.78. The summed E-state index contributed by atoms with van der Waals surface area (Å²) >= 11 is 0. The minimum atomic E-state index is -0.964. The highest BCUT2D eigenvalue weighted by molar-refractivity contribution is 5.65. The van der Waals surface area contributed by atoms with Crippen molar-refractivity contribution in [3.05, 3.63) is 60.0 Å². The van der Waals surface area contributed by atoms with Crippen LogP contribution in [0.25, 0.3) is 11.1 Å². The number of anilines is 1. The van der Waals surface area contributed by atoms with Crippen LogP contribution in [0.4, 0.5) is 5.82 Å². The standard InChI is InChI=1S/C31H39N5O2/c1-31(37,27-9-4-3-5-10-27)14-11-23-7-6-8-24(17-23)22-38-29-18-25(19-33-30(29)32)26-20-34-36(21-26)28-12-15-35(2)16-13-28/h6-8,17-21,27-28,37H,3-5,9-10,12-13,15-16,22H2,1-2H3,(H2,32,33). The summed E-state index contributed by atoms with van der Waals surface area (Å²) in [5.74, 6) is 7.47. The molecular weight excluding hydrogens is 474 g/mol. The second-order valence-corrected chi connectivity index (χ2v) is 11.1. The number of rotatable bonds is 6. The summed E-state index contributed by atoms with van der Waals surface area (Å²) in [6.07, 6.45) is 13.7. The van der Waals surface area contributed by atoms with Crippen LogP contribution < -0.4 is 10.5 Å². The van der Waals surface area contributed by atoms with Gasteiger partial charge in [-0.2, -0.15) is 5.10 Å². The molecule has 38 heavy (non-hydrogen) atoms. The Hall–Kier alpha value is -3.34.